The zero-order valence-electron chi connectivity index (χ0n) is 14.6. The van der Waals surface area contributed by atoms with Gasteiger partial charge in [-0.1, -0.05) is 18.2 Å². The van der Waals surface area contributed by atoms with Crippen molar-refractivity contribution < 1.29 is 19.1 Å². The van der Waals surface area contributed by atoms with Crippen molar-refractivity contribution >= 4 is 23.0 Å². The normalized spacial score (nSPS) is 17.4. The van der Waals surface area contributed by atoms with Crippen molar-refractivity contribution in [2.75, 3.05) is 7.11 Å². The summed E-state index contributed by atoms with van der Waals surface area (Å²) in [7, 11) is 1.40. The first-order valence-corrected chi connectivity index (χ1v) is 8.24. The second-order valence-corrected chi connectivity index (χ2v) is 7.22. The highest BCUT2D eigenvalue weighted by Gasteiger charge is 2.32. The van der Waals surface area contributed by atoms with Gasteiger partial charge in [-0.3, -0.25) is 4.79 Å². The van der Waals surface area contributed by atoms with Gasteiger partial charge in [-0.05, 0) is 45.2 Å². The molecule has 1 aliphatic rings. The van der Waals surface area contributed by atoms with Crippen LogP contribution < -0.4 is 0 Å². The van der Waals surface area contributed by atoms with Crippen molar-refractivity contribution in [2.24, 2.45) is 5.92 Å². The van der Waals surface area contributed by atoms with Crippen LogP contribution in [-0.4, -0.2) is 29.3 Å². The van der Waals surface area contributed by atoms with E-state index < -0.39 is 11.7 Å². The van der Waals surface area contributed by atoms with Crippen LogP contribution in [-0.2, 0) is 27.1 Å². The molecule has 5 nitrogen and oxygen atoms in total. The third-order valence-corrected chi connectivity index (χ3v) is 4.38. The number of hydrogen-bond acceptors (Lipinski definition) is 4. The Morgan fingerprint density at radius 3 is 2.58 bits per heavy atom. The van der Waals surface area contributed by atoms with E-state index in [1.54, 1.807) is 4.57 Å². The number of methoxy groups -OCH3 is 1. The van der Waals surface area contributed by atoms with Crippen molar-refractivity contribution in [3.8, 4) is 0 Å². The summed E-state index contributed by atoms with van der Waals surface area (Å²) in [5.74, 6) is -0.436. The first kappa shape index (κ1) is 16.6. The molecule has 0 bridgehead atoms. The van der Waals surface area contributed by atoms with Gasteiger partial charge < -0.3 is 9.47 Å². The van der Waals surface area contributed by atoms with Crippen molar-refractivity contribution in [1.29, 1.82) is 0 Å². The van der Waals surface area contributed by atoms with Crippen LogP contribution in [0.25, 0.3) is 10.9 Å². The topological polar surface area (TPSA) is 57.5 Å². The minimum Gasteiger partial charge on any atom is -0.469 e. The van der Waals surface area contributed by atoms with Crippen molar-refractivity contribution in [2.45, 2.75) is 45.6 Å². The molecule has 0 amide bonds. The first-order valence-electron chi connectivity index (χ1n) is 8.24. The molecule has 1 heterocycles. The van der Waals surface area contributed by atoms with Crippen LogP contribution in [0, 0.1) is 5.92 Å². The van der Waals surface area contributed by atoms with Crippen LogP contribution in [0.15, 0.2) is 24.3 Å². The van der Waals surface area contributed by atoms with Crippen molar-refractivity contribution in [1.82, 2.24) is 4.57 Å². The molecule has 0 saturated carbocycles. The fraction of sp³-hybridized carbons (Fsp3) is 0.474. The highest BCUT2D eigenvalue weighted by Crippen LogP contribution is 2.35. The second kappa shape index (κ2) is 5.96. The number of aryl methyl sites for hydroxylation is 1. The predicted molar refractivity (Wildman–Crippen MR) is 91.1 cm³/mol. The number of para-hydroxylation sites is 1. The third kappa shape index (κ3) is 2.90. The number of rotatable bonds is 1. The summed E-state index contributed by atoms with van der Waals surface area (Å²) in [6.07, 6.45) is 1.59. The number of ether oxygens (including phenoxy) is 2. The quantitative estimate of drug-likeness (QED) is 0.749. The highest BCUT2D eigenvalue weighted by atomic mass is 16.6. The summed E-state index contributed by atoms with van der Waals surface area (Å²) in [5.41, 5.74) is 2.26. The number of carbonyl (C=O) groups excluding carboxylic acids is 2. The standard InChI is InChI=1S/C19H23NO4/c1-19(2,3)24-18(22)20-15-8-6-5-7-13(15)14-10-9-12(11-16(14)20)17(21)23-4/h5-8,12H,9-11H2,1-4H3/t12-/m1/s1. The molecule has 0 radical (unpaired) electrons. The van der Waals surface area contributed by atoms with Gasteiger partial charge in [-0.2, -0.15) is 0 Å². The largest absolute Gasteiger partial charge is 0.469 e. The minimum atomic E-state index is -0.578. The number of esters is 1. The molecule has 3 rings (SSSR count). The van der Waals surface area contributed by atoms with E-state index in [-0.39, 0.29) is 11.9 Å². The maximum Gasteiger partial charge on any atom is 0.419 e. The summed E-state index contributed by atoms with van der Waals surface area (Å²) in [4.78, 5) is 24.7. The SMILES string of the molecule is COC(=O)[C@@H]1CCc2c(n(C(=O)OC(C)(C)C)c3ccccc23)C1. The van der Waals surface area contributed by atoms with E-state index in [4.69, 9.17) is 9.47 Å². The van der Waals surface area contributed by atoms with Crippen LogP contribution in [0.2, 0.25) is 0 Å². The second-order valence-electron chi connectivity index (χ2n) is 7.22. The Hall–Kier alpha value is -2.30. The highest BCUT2D eigenvalue weighted by molar-refractivity contribution is 5.94. The smallest absolute Gasteiger partial charge is 0.419 e. The molecule has 0 saturated heterocycles. The van der Waals surface area contributed by atoms with Gasteiger partial charge in [0.25, 0.3) is 0 Å². The molecule has 24 heavy (non-hydrogen) atoms. The maximum absolute atomic E-state index is 12.8. The molecule has 0 N–H and O–H groups in total. The van der Waals surface area contributed by atoms with E-state index in [1.807, 2.05) is 45.0 Å². The van der Waals surface area contributed by atoms with E-state index in [2.05, 4.69) is 0 Å². The third-order valence-electron chi connectivity index (χ3n) is 4.38. The van der Waals surface area contributed by atoms with Crippen LogP contribution in [0.1, 0.15) is 38.4 Å². The monoisotopic (exact) mass is 329 g/mol. The number of hydrogen-bond donors (Lipinski definition) is 0. The first-order chi connectivity index (χ1) is 11.3. The molecule has 0 unspecified atom stereocenters. The lowest BCUT2D eigenvalue weighted by Gasteiger charge is -2.24. The van der Waals surface area contributed by atoms with E-state index in [9.17, 15) is 9.59 Å². The molecule has 1 aliphatic carbocycles. The lowest BCUT2D eigenvalue weighted by Crippen LogP contribution is -2.30. The van der Waals surface area contributed by atoms with Gasteiger partial charge in [0.15, 0.2) is 0 Å². The van der Waals surface area contributed by atoms with E-state index >= 15 is 0 Å². The zero-order valence-corrected chi connectivity index (χ0v) is 14.6. The molecule has 128 valence electrons. The van der Waals surface area contributed by atoms with E-state index in [1.165, 1.54) is 7.11 Å². The Morgan fingerprint density at radius 2 is 1.92 bits per heavy atom. The molecule has 0 spiro atoms. The number of nitrogens with zero attached hydrogens (tertiary/aromatic N) is 1. The molecule has 2 aromatic rings. The molecule has 1 aromatic carbocycles. The number of fused-ring (bicyclic) bond motifs is 3. The number of aromatic nitrogens is 1. The fourth-order valence-corrected chi connectivity index (χ4v) is 3.39. The summed E-state index contributed by atoms with van der Waals surface area (Å²) < 4.78 is 12.1. The molecule has 0 aliphatic heterocycles. The minimum absolute atomic E-state index is 0.215. The lowest BCUT2D eigenvalue weighted by molar-refractivity contribution is -0.145. The molecule has 5 heteroatoms. The number of carbonyl (C=O) groups is 2. The summed E-state index contributed by atoms with van der Waals surface area (Å²) in [6.45, 7) is 5.54. The molecular weight excluding hydrogens is 306 g/mol. The number of benzene rings is 1. The predicted octanol–water partition coefficient (Wildman–Crippen LogP) is 3.70. The van der Waals surface area contributed by atoms with Crippen LogP contribution in [0.5, 0.6) is 0 Å². The fourth-order valence-electron chi connectivity index (χ4n) is 3.39. The van der Waals surface area contributed by atoms with Crippen LogP contribution in [0.3, 0.4) is 0 Å². The molecule has 0 fully saturated rings. The molecule has 1 atom stereocenters. The Bertz CT molecular complexity index is 798. The molecule has 1 aromatic heterocycles. The Morgan fingerprint density at radius 1 is 1.21 bits per heavy atom. The van der Waals surface area contributed by atoms with Gasteiger partial charge >= 0.3 is 12.1 Å². The summed E-state index contributed by atoms with van der Waals surface area (Å²) in [6, 6.07) is 7.82. The average Bonchev–Trinajstić information content (AvgIpc) is 2.86. The van der Waals surface area contributed by atoms with E-state index in [0.717, 1.165) is 35.0 Å². The summed E-state index contributed by atoms with van der Waals surface area (Å²) in [5, 5.41) is 1.06. The average molecular weight is 329 g/mol. The van der Waals surface area contributed by atoms with Crippen molar-refractivity contribution in [3.05, 3.63) is 35.5 Å². The van der Waals surface area contributed by atoms with Crippen molar-refractivity contribution in [3.63, 3.8) is 0 Å². The van der Waals surface area contributed by atoms with E-state index in [0.29, 0.717) is 6.42 Å². The zero-order chi connectivity index (χ0) is 17.5. The van der Waals surface area contributed by atoms with Gasteiger partial charge in [0.05, 0.1) is 18.5 Å². The van der Waals surface area contributed by atoms with Crippen LogP contribution >= 0.6 is 0 Å². The lowest BCUT2D eigenvalue weighted by atomic mass is 9.87. The van der Waals surface area contributed by atoms with Gasteiger partial charge in [0.2, 0.25) is 0 Å². The Kier molecular flexibility index (Phi) is 4.11. The summed E-state index contributed by atoms with van der Waals surface area (Å²) >= 11 is 0. The van der Waals surface area contributed by atoms with Gasteiger partial charge in [-0.15, -0.1) is 0 Å². The van der Waals surface area contributed by atoms with Crippen LogP contribution in [0.4, 0.5) is 4.79 Å². The van der Waals surface area contributed by atoms with Gasteiger partial charge in [0.1, 0.15) is 5.60 Å². The Balaban J connectivity index is 2.11. The van der Waals surface area contributed by atoms with Gasteiger partial charge in [-0.25, -0.2) is 9.36 Å². The van der Waals surface area contributed by atoms with Gasteiger partial charge in [0, 0.05) is 17.5 Å². The Labute approximate surface area is 141 Å². The molecular formula is C19H23NO4. The maximum atomic E-state index is 12.8.